The predicted molar refractivity (Wildman–Crippen MR) is 89.0 cm³/mol. The maximum Gasteiger partial charge on any atom is 0.410 e. The number of carbonyl (C=O) groups excluding carboxylic acids is 1. The number of benzene rings is 1. The van der Waals surface area contributed by atoms with Gasteiger partial charge in [0.05, 0.1) is 8.48 Å². The Morgan fingerprint density at radius 1 is 1.36 bits per heavy atom. The molecule has 1 aromatic rings. The van der Waals surface area contributed by atoms with E-state index in [9.17, 15) is 4.79 Å². The predicted octanol–water partition coefficient (Wildman–Crippen LogP) is 4.17. The molecule has 1 rings (SSSR count). The molecule has 0 aromatic heterocycles. The summed E-state index contributed by atoms with van der Waals surface area (Å²) in [6.45, 7) is 9.53. The Labute approximate surface area is 134 Å². The van der Waals surface area contributed by atoms with Crippen molar-refractivity contribution in [3.8, 4) is 5.75 Å². The van der Waals surface area contributed by atoms with Crippen molar-refractivity contribution in [1.82, 2.24) is 4.90 Å². The minimum atomic E-state index is -0.584. The molecule has 0 spiro atoms. The number of ether oxygens (including phenoxy) is 2. The highest BCUT2D eigenvalue weighted by Crippen LogP contribution is 2.15. The molecular weight excluding hydrogens is 278 g/mol. The third kappa shape index (κ3) is 6.48. The van der Waals surface area contributed by atoms with E-state index in [4.69, 9.17) is 10.8 Å². The lowest BCUT2D eigenvalue weighted by molar-refractivity contribution is 0.0256. The highest BCUT2D eigenvalue weighted by atomic mass is 16.6. The van der Waals surface area contributed by atoms with Gasteiger partial charge in [-0.25, -0.2) is 4.79 Å². The highest BCUT2D eigenvalue weighted by Gasteiger charge is 2.21. The Morgan fingerprint density at radius 3 is 2.50 bits per heavy atom. The maximum atomic E-state index is 12.4. The van der Waals surface area contributed by atoms with Gasteiger partial charge in [0.25, 0.3) is 0 Å². The molecular formula is C18H25NO3. The first-order chi connectivity index (χ1) is 10.7. The van der Waals surface area contributed by atoms with Gasteiger partial charge in [-0.15, -0.1) is 0 Å². The monoisotopic (exact) mass is 304 g/mol. The molecule has 1 aromatic carbocycles. The fraction of sp³-hybridized carbons (Fsp3) is 0.389. The van der Waals surface area contributed by atoms with Crippen LogP contribution in [-0.4, -0.2) is 30.2 Å². The van der Waals surface area contributed by atoms with Crippen molar-refractivity contribution in [3.63, 3.8) is 0 Å². The van der Waals surface area contributed by atoms with Gasteiger partial charge < -0.3 is 14.4 Å². The number of rotatable bonds is 6. The summed E-state index contributed by atoms with van der Waals surface area (Å²) in [6.07, 6.45) is 2.64. The summed E-state index contributed by atoms with van der Waals surface area (Å²) in [4.78, 5) is 13.9. The molecule has 0 radical (unpaired) electrons. The van der Waals surface area contributed by atoms with Crippen LogP contribution in [0.1, 0.15) is 27.7 Å². The van der Waals surface area contributed by atoms with E-state index < -0.39 is 11.7 Å². The lowest BCUT2D eigenvalue weighted by Crippen LogP contribution is -2.36. The number of methoxy groups -OCH3 is 1. The fourth-order valence-corrected chi connectivity index (χ4v) is 1.71. The third-order valence-corrected chi connectivity index (χ3v) is 2.70. The van der Waals surface area contributed by atoms with E-state index in [-0.39, 0.29) is 6.54 Å². The zero-order chi connectivity index (χ0) is 17.5. The molecule has 0 bridgehead atoms. The average molecular weight is 304 g/mol. The summed E-state index contributed by atoms with van der Waals surface area (Å²) < 4.78 is 18.4. The van der Waals surface area contributed by atoms with E-state index in [2.05, 4.69) is 6.58 Å². The van der Waals surface area contributed by atoms with Crippen molar-refractivity contribution in [2.75, 3.05) is 13.7 Å². The van der Waals surface area contributed by atoms with Crippen LogP contribution < -0.4 is 4.74 Å². The van der Waals surface area contributed by atoms with Crippen LogP contribution in [-0.2, 0) is 11.3 Å². The summed E-state index contributed by atoms with van der Waals surface area (Å²) in [6, 6.07) is 7.74. The van der Waals surface area contributed by atoms with E-state index in [1.165, 1.54) is 11.0 Å². The van der Waals surface area contributed by atoms with E-state index in [0.717, 1.165) is 11.3 Å². The third-order valence-electron chi connectivity index (χ3n) is 2.70. The molecule has 0 saturated heterocycles. The molecule has 0 aliphatic rings. The topological polar surface area (TPSA) is 38.8 Å². The van der Waals surface area contributed by atoms with Gasteiger partial charge in [0.1, 0.15) is 11.4 Å². The van der Waals surface area contributed by atoms with Crippen LogP contribution >= 0.6 is 0 Å². The molecule has 0 saturated carbocycles. The van der Waals surface area contributed by atoms with Crippen LogP contribution in [0.5, 0.6) is 5.75 Å². The van der Waals surface area contributed by atoms with Crippen LogP contribution in [0.2, 0.25) is 0 Å². The van der Waals surface area contributed by atoms with Gasteiger partial charge in [-0.1, -0.05) is 36.9 Å². The smallest absolute Gasteiger partial charge is 0.410 e. The second kappa shape index (κ2) is 8.27. The van der Waals surface area contributed by atoms with Crippen molar-refractivity contribution in [2.24, 2.45) is 0 Å². The Balaban J connectivity index is 2.90. The molecule has 120 valence electrons. The van der Waals surface area contributed by atoms with Gasteiger partial charge in [-0.05, 0) is 38.5 Å². The van der Waals surface area contributed by atoms with Crippen LogP contribution in [0.3, 0.4) is 0 Å². The van der Waals surface area contributed by atoms with E-state index >= 15 is 0 Å². The first-order valence-corrected chi connectivity index (χ1v) is 7.14. The summed E-state index contributed by atoms with van der Waals surface area (Å²) in [5.74, 6) is 0.755. The Bertz CT molecular complexity index is 559. The quantitative estimate of drug-likeness (QED) is 0.740. The van der Waals surface area contributed by atoms with E-state index in [1.807, 2.05) is 45.0 Å². The second-order valence-electron chi connectivity index (χ2n) is 5.79. The molecule has 0 heterocycles. The molecule has 4 heteroatoms. The number of nitrogens with zero attached hydrogens (tertiary/aromatic N) is 1. The number of amides is 1. The van der Waals surface area contributed by atoms with Crippen molar-refractivity contribution in [1.29, 1.82) is 0 Å². The minimum absolute atomic E-state index is 0.160. The van der Waals surface area contributed by atoms with Crippen LogP contribution in [0, 0.1) is 0 Å². The normalized spacial score (nSPS) is 12.4. The summed E-state index contributed by atoms with van der Waals surface area (Å²) in [5.41, 5.74) is 0.350. The molecule has 0 fully saturated rings. The molecule has 0 unspecified atom stereocenters. The van der Waals surface area contributed by atoms with Gasteiger partial charge in [0.15, 0.2) is 0 Å². The van der Waals surface area contributed by atoms with Gasteiger partial charge in [-0.3, -0.25) is 0 Å². The number of allylic oxidation sites excluding steroid dienone is 2. The lowest BCUT2D eigenvalue weighted by Gasteiger charge is -2.26. The average Bonchev–Trinajstić information content (AvgIpc) is 2.46. The van der Waals surface area contributed by atoms with Crippen molar-refractivity contribution in [2.45, 2.75) is 32.9 Å². The Hall–Kier alpha value is -2.23. The van der Waals surface area contributed by atoms with E-state index in [0.29, 0.717) is 12.6 Å². The SMILES string of the molecule is [2H]/C(=C\C=C)CN(Cc1ccc(OC)cc1)C(=O)OC(C)(C)C. The van der Waals surface area contributed by atoms with Crippen LogP contribution in [0.4, 0.5) is 4.79 Å². The van der Waals surface area contributed by atoms with Gasteiger partial charge in [0, 0.05) is 13.1 Å². The minimum Gasteiger partial charge on any atom is -0.497 e. The molecule has 0 aliphatic heterocycles. The fourth-order valence-electron chi connectivity index (χ4n) is 1.71. The molecule has 1 amide bonds. The first-order valence-electron chi connectivity index (χ1n) is 7.64. The molecule has 0 aliphatic carbocycles. The van der Waals surface area contributed by atoms with Gasteiger partial charge in [0.2, 0.25) is 0 Å². The summed E-state index contributed by atoms with van der Waals surface area (Å²) in [7, 11) is 1.61. The Kier molecular flexibility index (Phi) is 6.07. The molecule has 4 nitrogen and oxygen atoms in total. The first kappa shape index (κ1) is 16.1. The van der Waals surface area contributed by atoms with Gasteiger partial charge >= 0.3 is 6.09 Å². The summed E-state index contributed by atoms with van der Waals surface area (Å²) in [5, 5.41) is 0. The van der Waals surface area contributed by atoms with Crippen LogP contribution in [0.15, 0.2) is 49.0 Å². The molecule has 22 heavy (non-hydrogen) atoms. The van der Waals surface area contributed by atoms with Crippen LogP contribution in [0.25, 0.3) is 0 Å². The largest absolute Gasteiger partial charge is 0.497 e. The number of hydrogen-bond donors (Lipinski definition) is 0. The van der Waals surface area contributed by atoms with Gasteiger partial charge in [-0.2, -0.15) is 0 Å². The lowest BCUT2D eigenvalue weighted by atomic mass is 10.2. The molecule has 0 N–H and O–H groups in total. The van der Waals surface area contributed by atoms with E-state index in [1.54, 1.807) is 13.2 Å². The standard InChI is InChI=1S/C18H25NO3/c1-6-7-8-13-19(17(20)22-18(2,3)4)14-15-9-11-16(21-5)12-10-15/h6-12H,1,13-14H2,2-5H3/b8-7+/i8D. The zero-order valence-corrected chi connectivity index (χ0v) is 13.8. The van der Waals surface area contributed by atoms with Crippen molar-refractivity contribution < 1.29 is 15.6 Å². The number of carbonyl (C=O) groups is 1. The molecule has 0 atom stereocenters. The zero-order valence-electron chi connectivity index (χ0n) is 14.8. The number of hydrogen-bond acceptors (Lipinski definition) is 3. The van der Waals surface area contributed by atoms with Crippen molar-refractivity contribution in [3.05, 3.63) is 54.6 Å². The maximum absolute atomic E-state index is 12.4. The second-order valence-corrected chi connectivity index (χ2v) is 5.79. The Morgan fingerprint density at radius 2 is 2.00 bits per heavy atom. The highest BCUT2D eigenvalue weighted by molar-refractivity contribution is 5.68. The van der Waals surface area contributed by atoms with Crippen molar-refractivity contribution >= 4 is 6.09 Å². The summed E-state index contributed by atoms with van der Waals surface area (Å²) >= 11 is 0.